The van der Waals surface area contributed by atoms with Gasteiger partial charge in [0.15, 0.2) is 11.5 Å². The van der Waals surface area contributed by atoms with Crippen LogP contribution in [0.1, 0.15) is 34.6 Å². The van der Waals surface area contributed by atoms with Gasteiger partial charge in [-0.05, 0) is 46.8 Å². The van der Waals surface area contributed by atoms with Crippen LogP contribution >= 0.6 is 0 Å². The molecular weight excluding hydrogens is 296 g/mol. The number of ether oxygens (including phenoxy) is 3. The van der Waals surface area contributed by atoms with Gasteiger partial charge in [-0.3, -0.25) is 0 Å². The van der Waals surface area contributed by atoms with E-state index in [2.05, 4.69) is 0 Å². The number of hydrogen-bond donors (Lipinski definition) is 1. The topological polar surface area (TPSA) is 74.0 Å². The number of nitrogens with zero attached hydrogens (tertiary/aromatic N) is 1. The average molecular weight is 324 g/mol. The Labute approximate surface area is 138 Å². The van der Waals surface area contributed by atoms with Gasteiger partial charge in [-0.1, -0.05) is 0 Å². The van der Waals surface area contributed by atoms with E-state index in [1.165, 1.54) is 0 Å². The monoisotopic (exact) mass is 324 g/mol. The minimum absolute atomic E-state index is 0.0155. The summed E-state index contributed by atoms with van der Waals surface area (Å²) in [5.41, 5.74) is 5.79. The summed E-state index contributed by atoms with van der Waals surface area (Å²) in [5.74, 6) is 1.16. The molecule has 0 saturated heterocycles. The lowest BCUT2D eigenvalue weighted by molar-refractivity contribution is 0.0164. The molecule has 130 valence electrons. The van der Waals surface area contributed by atoms with E-state index in [4.69, 9.17) is 19.9 Å². The smallest absolute Gasteiger partial charge is 0.410 e. The molecule has 0 aliphatic rings. The summed E-state index contributed by atoms with van der Waals surface area (Å²) in [6.45, 7) is 10.2. The van der Waals surface area contributed by atoms with E-state index >= 15 is 0 Å². The second kappa shape index (κ2) is 7.94. The Morgan fingerprint density at radius 1 is 1.26 bits per heavy atom. The molecule has 0 aliphatic heterocycles. The van der Waals surface area contributed by atoms with Crippen LogP contribution in [0.2, 0.25) is 0 Å². The molecule has 0 aliphatic carbocycles. The predicted molar refractivity (Wildman–Crippen MR) is 91.0 cm³/mol. The summed E-state index contributed by atoms with van der Waals surface area (Å²) in [4.78, 5) is 13.9. The Balaban J connectivity index is 2.65. The maximum atomic E-state index is 12.2. The Kier molecular flexibility index (Phi) is 6.54. The first-order valence-electron chi connectivity index (χ1n) is 7.70. The predicted octanol–water partition coefficient (Wildman–Crippen LogP) is 3.30. The summed E-state index contributed by atoms with van der Waals surface area (Å²) in [7, 11) is 1.56. The van der Waals surface area contributed by atoms with Crippen molar-refractivity contribution in [1.29, 1.82) is 0 Å². The van der Waals surface area contributed by atoms with Gasteiger partial charge in [0.2, 0.25) is 0 Å². The van der Waals surface area contributed by atoms with Crippen LogP contribution in [0.3, 0.4) is 0 Å². The Morgan fingerprint density at radius 2 is 1.91 bits per heavy atom. The maximum Gasteiger partial charge on any atom is 0.410 e. The van der Waals surface area contributed by atoms with Crippen LogP contribution in [0.25, 0.3) is 0 Å². The molecule has 0 radical (unpaired) electrons. The third-order valence-electron chi connectivity index (χ3n) is 3.03. The summed E-state index contributed by atoms with van der Waals surface area (Å²) >= 11 is 0. The molecule has 0 saturated carbocycles. The summed E-state index contributed by atoms with van der Waals surface area (Å²) in [6.07, 6.45) is -0.347. The van der Waals surface area contributed by atoms with Crippen LogP contribution in [0.5, 0.6) is 11.5 Å². The average Bonchev–Trinajstić information content (AvgIpc) is 2.42. The van der Waals surface area contributed by atoms with Crippen LogP contribution in [-0.2, 0) is 4.74 Å². The van der Waals surface area contributed by atoms with Gasteiger partial charge in [0, 0.05) is 17.8 Å². The highest BCUT2D eigenvalue weighted by Crippen LogP contribution is 2.28. The second-order valence-corrected chi connectivity index (χ2v) is 6.53. The van der Waals surface area contributed by atoms with Gasteiger partial charge in [0.25, 0.3) is 0 Å². The van der Waals surface area contributed by atoms with Crippen molar-refractivity contribution in [2.24, 2.45) is 0 Å². The Hall–Kier alpha value is -2.11. The van der Waals surface area contributed by atoms with Crippen molar-refractivity contribution < 1.29 is 19.0 Å². The second-order valence-electron chi connectivity index (χ2n) is 6.53. The van der Waals surface area contributed by atoms with E-state index in [-0.39, 0.29) is 12.1 Å². The van der Waals surface area contributed by atoms with Crippen molar-refractivity contribution in [3.63, 3.8) is 0 Å². The first-order chi connectivity index (χ1) is 10.6. The molecule has 0 unspecified atom stereocenters. The first-order valence-corrected chi connectivity index (χ1v) is 7.70. The van der Waals surface area contributed by atoms with Crippen LogP contribution < -0.4 is 15.2 Å². The van der Waals surface area contributed by atoms with Gasteiger partial charge in [-0.2, -0.15) is 0 Å². The SMILES string of the molecule is COc1cc(N)ccc1OCCN(C(=O)OC(C)(C)C)C(C)C. The molecule has 0 atom stereocenters. The number of rotatable bonds is 6. The number of hydrogen-bond acceptors (Lipinski definition) is 5. The number of benzene rings is 1. The summed E-state index contributed by atoms with van der Waals surface area (Å²) in [6, 6.07) is 5.21. The van der Waals surface area contributed by atoms with Gasteiger partial charge < -0.3 is 24.8 Å². The number of carbonyl (C=O) groups excluding carboxylic acids is 1. The molecular formula is C17H28N2O4. The van der Waals surface area contributed by atoms with Crippen molar-refractivity contribution >= 4 is 11.8 Å². The van der Waals surface area contributed by atoms with E-state index in [0.29, 0.717) is 30.3 Å². The molecule has 0 aromatic heterocycles. The molecule has 0 spiro atoms. The number of amides is 1. The zero-order valence-electron chi connectivity index (χ0n) is 14.9. The quantitative estimate of drug-likeness (QED) is 0.813. The fraction of sp³-hybridized carbons (Fsp3) is 0.588. The zero-order chi connectivity index (χ0) is 17.6. The van der Waals surface area contributed by atoms with Crippen molar-refractivity contribution in [1.82, 2.24) is 4.90 Å². The number of nitrogen functional groups attached to an aromatic ring is 1. The summed E-state index contributed by atoms with van der Waals surface area (Å²) < 4.78 is 16.4. The fourth-order valence-electron chi connectivity index (χ4n) is 1.94. The summed E-state index contributed by atoms with van der Waals surface area (Å²) in [5, 5.41) is 0. The van der Waals surface area contributed by atoms with Crippen molar-refractivity contribution in [2.45, 2.75) is 46.3 Å². The molecule has 0 heterocycles. The first kappa shape index (κ1) is 18.9. The van der Waals surface area contributed by atoms with Crippen LogP contribution in [0.15, 0.2) is 18.2 Å². The lowest BCUT2D eigenvalue weighted by Gasteiger charge is -2.30. The zero-order valence-corrected chi connectivity index (χ0v) is 14.9. The minimum atomic E-state index is -0.523. The molecule has 0 bridgehead atoms. The third-order valence-corrected chi connectivity index (χ3v) is 3.03. The number of carbonyl (C=O) groups is 1. The van der Waals surface area contributed by atoms with Gasteiger partial charge in [0.05, 0.1) is 13.7 Å². The number of nitrogens with two attached hydrogens (primary N) is 1. The van der Waals surface area contributed by atoms with Crippen molar-refractivity contribution in [3.8, 4) is 11.5 Å². The van der Waals surface area contributed by atoms with Gasteiger partial charge >= 0.3 is 6.09 Å². The van der Waals surface area contributed by atoms with Gasteiger partial charge in [0.1, 0.15) is 12.2 Å². The van der Waals surface area contributed by atoms with E-state index in [0.717, 1.165) is 0 Å². The Bertz CT molecular complexity index is 524. The molecule has 1 aromatic carbocycles. The van der Waals surface area contributed by atoms with Crippen molar-refractivity contribution in [3.05, 3.63) is 18.2 Å². The molecule has 0 fully saturated rings. The maximum absolute atomic E-state index is 12.2. The van der Waals surface area contributed by atoms with Crippen LogP contribution in [0.4, 0.5) is 10.5 Å². The normalized spacial score (nSPS) is 11.3. The van der Waals surface area contributed by atoms with E-state index in [9.17, 15) is 4.79 Å². The number of anilines is 1. The van der Waals surface area contributed by atoms with Gasteiger partial charge in [-0.15, -0.1) is 0 Å². The highest BCUT2D eigenvalue weighted by atomic mass is 16.6. The van der Waals surface area contributed by atoms with Crippen LogP contribution in [0, 0.1) is 0 Å². The lowest BCUT2D eigenvalue weighted by Crippen LogP contribution is -2.43. The van der Waals surface area contributed by atoms with Gasteiger partial charge in [-0.25, -0.2) is 4.79 Å². The molecule has 6 heteroatoms. The lowest BCUT2D eigenvalue weighted by atomic mass is 10.2. The molecule has 6 nitrogen and oxygen atoms in total. The fourth-order valence-corrected chi connectivity index (χ4v) is 1.94. The van der Waals surface area contributed by atoms with Crippen LogP contribution in [-0.4, -0.2) is 42.9 Å². The van der Waals surface area contributed by atoms with Crippen molar-refractivity contribution in [2.75, 3.05) is 26.0 Å². The molecule has 1 amide bonds. The largest absolute Gasteiger partial charge is 0.493 e. The molecule has 2 N–H and O–H groups in total. The highest BCUT2D eigenvalue weighted by Gasteiger charge is 2.24. The minimum Gasteiger partial charge on any atom is -0.493 e. The molecule has 1 rings (SSSR count). The third kappa shape index (κ3) is 6.26. The standard InChI is InChI=1S/C17H28N2O4/c1-12(2)19(16(20)23-17(3,4)5)9-10-22-14-8-7-13(18)11-15(14)21-6/h7-8,11-12H,9-10,18H2,1-6H3. The molecule has 1 aromatic rings. The Morgan fingerprint density at radius 3 is 2.43 bits per heavy atom. The van der Waals surface area contributed by atoms with E-state index in [1.807, 2.05) is 34.6 Å². The van der Waals surface area contributed by atoms with E-state index in [1.54, 1.807) is 30.2 Å². The number of methoxy groups -OCH3 is 1. The highest BCUT2D eigenvalue weighted by molar-refractivity contribution is 5.68. The molecule has 23 heavy (non-hydrogen) atoms. The van der Waals surface area contributed by atoms with E-state index < -0.39 is 5.60 Å².